The van der Waals surface area contributed by atoms with E-state index in [4.69, 9.17) is 34.8 Å². The molecule has 1 heterocycles. The molecule has 0 saturated carbocycles. The Hall–Kier alpha value is -0.180. The highest BCUT2D eigenvalue weighted by Gasteiger charge is 2.15. The van der Waals surface area contributed by atoms with E-state index in [0.29, 0.717) is 20.9 Å². The fourth-order valence-corrected chi connectivity index (χ4v) is 1.71. The third-order valence-electron chi connectivity index (χ3n) is 1.60. The molecule has 0 N–H and O–H groups in total. The van der Waals surface area contributed by atoms with Gasteiger partial charge < -0.3 is 9.36 Å². The topological polar surface area (TPSA) is 22.0 Å². The van der Waals surface area contributed by atoms with Crippen molar-refractivity contribution in [3.05, 3.63) is 20.9 Å². The Labute approximate surface area is 85.0 Å². The van der Waals surface area contributed by atoms with E-state index in [1.807, 2.05) is 0 Å². The Balaban J connectivity index is 3.27. The summed E-state index contributed by atoms with van der Waals surface area (Å²) in [5, 5.41) is 1.02. The van der Waals surface area contributed by atoms with Gasteiger partial charge in [0.2, 0.25) is 0 Å². The van der Waals surface area contributed by atoms with Crippen LogP contribution in [-0.2, 0) is 18.3 Å². The third kappa shape index (κ3) is 1.47. The molecule has 0 atom stereocenters. The van der Waals surface area contributed by atoms with Crippen LogP contribution >= 0.6 is 34.8 Å². The molecule has 0 fully saturated rings. The molecule has 0 spiro atoms. The maximum atomic E-state index is 10.2. The molecular formula is C7H6Cl3NO. The molecule has 0 aliphatic carbocycles. The summed E-state index contributed by atoms with van der Waals surface area (Å²) < 4.78 is 1.60. The first-order valence-electron chi connectivity index (χ1n) is 3.21. The van der Waals surface area contributed by atoms with Crippen molar-refractivity contribution in [2.75, 3.05) is 0 Å². The average Bonchev–Trinajstić information content (AvgIpc) is 2.23. The summed E-state index contributed by atoms with van der Waals surface area (Å²) in [6.07, 6.45) is 0.982. The molecule has 0 unspecified atom stereocenters. The van der Waals surface area contributed by atoms with Gasteiger partial charge in [-0.15, -0.1) is 0 Å². The quantitative estimate of drug-likeness (QED) is 0.711. The summed E-state index contributed by atoms with van der Waals surface area (Å²) in [6.45, 7) is 0. The molecule has 1 aromatic rings. The van der Waals surface area contributed by atoms with E-state index in [9.17, 15) is 4.79 Å². The van der Waals surface area contributed by atoms with Gasteiger partial charge in [0, 0.05) is 19.2 Å². The number of aldehydes is 1. The predicted molar refractivity (Wildman–Crippen MR) is 50.2 cm³/mol. The lowest BCUT2D eigenvalue weighted by atomic mass is 10.3. The highest BCUT2D eigenvalue weighted by molar-refractivity contribution is 6.48. The van der Waals surface area contributed by atoms with Gasteiger partial charge in [-0.25, -0.2) is 0 Å². The molecule has 0 aliphatic rings. The van der Waals surface area contributed by atoms with Gasteiger partial charge in [0.1, 0.15) is 11.4 Å². The zero-order chi connectivity index (χ0) is 9.30. The third-order valence-corrected chi connectivity index (χ3v) is 3.01. The van der Waals surface area contributed by atoms with Crippen molar-refractivity contribution in [2.45, 2.75) is 6.42 Å². The lowest BCUT2D eigenvalue weighted by Crippen LogP contribution is -1.97. The van der Waals surface area contributed by atoms with Crippen LogP contribution in [0.1, 0.15) is 5.69 Å². The summed E-state index contributed by atoms with van der Waals surface area (Å²) in [4.78, 5) is 10.2. The lowest BCUT2D eigenvalue weighted by molar-refractivity contribution is -0.107. The monoisotopic (exact) mass is 225 g/mol. The van der Waals surface area contributed by atoms with Crippen molar-refractivity contribution in [3.8, 4) is 0 Å². The van der Waals surface area contributed by atoms with Crippen LogP contribution in [0, 0.1) is 0 Å². The van der Waals surface area contributed by atoms with Crippen molar-refractivity contribution in [1.29, 1.82) is 0 Å². The predicted octanol–water partition coefficient (Wildman–Crippen LogP) is 2.73. The smallest absolute Gasteiger partial charge is 0.129 e. The highest BCUT2D eigenvalue weighted by atomic mass is 35.5. The van der Waals surface area contributed by atoms with Crippen LogP contribution in [0.5, 0.6) is 0 Å². The molecule has 0 aromatic carbocycles. The number of rotatable bonds is 2. The minimum absolute atomic E-state index is 0.224. The number of nitrogens with zero attached hydrogens (tertiary/aromatic N) is 1. The SMILES string of the molecule is Cn1c(Cl)c(Cl)c(Cl)c1CC=O. The second kappa shape index (κ2) is 3.69. The minimum atomic E-state index is 0.224. The first-order chi connectivity index (χ1) is 5.59. The summed E-state index contributed by atoms with van der Waals surface area (Å²) in [5.74, 6) is 0. The van der Waals surface area contributed by atoms with Gasteiger partial charge in [0.05, 0.1) is 10.0 Å². The van der Waals surface area contributed by atoms with Crippen molar-refractivity contribution < 1.29 is 4.79 Å². The van der Waals surface area contributed by atoms with Crippen LogP contribution in [0.25, 0.3) is 0 Å². The van der Waals surface area contributed by atoms with E-state index in [1.165, 1.54) is 0 Å². The van der Waals surface area contributed by atoms with E-state index in [2.05, 4.69) is 0 Å². The van der Waals surface area contributed by atoms with Crippen molar-refractivity contribution in [1.82, 2.24) is 4.57 Å². The molecule has 12 heavy (non-hydrogen) atoms. The maximum Gasteiger partial charge on any atom is 0.129 e. The Morgan fingerprint density at radius 3 is 2.25 bits per heavy atom. The summed E-state index contributed by atoms with van der Waals surface area (Å²) in [6, 6.07) is 0. The minimum Gasteiger partial charge on any atom is -0.336 e. The van der Waals surface area contributed by atoms with E-state index in [1.54, 1.807) is 11.6 Å². The lowest BCUT2D eigenvalue weighted by Gasteiger charge is -1.98. The number of carbonyl (C=O) groups is 1. The fourth-order valence-electron chi connectivity index (χ4n) is 0.936. The van der Waals surface area contributed by atoms with Crippen LogP contribution in [0.3, 0.4) is 0 Å². The second-order valence-electron chi connectivity index (χ2n) is 2.30. The molecule has 0 aliphatic heterocycles. The van der Waals surface area contributed by atoms with Crippen LogP contribution in [0.15, 0.2) is 0 Å². The Kier molecular flexibility index (Phi) is 3.04. The number of hydrogen-bond acceptors (Lipinski definition) is 1. The summed E-state index contributed by atoms with van der Waals surface area (Å²) >= 11 is 17.3. The Morgan fingerprint density at radius 2 is 1.92 bits per heavy atom. The zero-order valence-electron chi connectivity index (χ0n) is 6.27. The number of hydrogen-bond donors (Lipinski definition) is 0. The number of halogens is 3. The van der Waals surface area contributed by atoms with Gasteiger partial charge in [-0.1, -0.05) is 34.8 Å². The largest absolute Gasteiger partial charge is 0.336 e. The molecule has 5 heteroatoms. The van der Waals surface area contributed by atoms with E-state index in [0.717, 1.165) is 6.29 Å². The van der Waals surface area contributed by atoms with Crippen LogP contribution in [-0.4, -0.2) is 10.9 Å². The molecule has 0 radical (unpaired) electrons. The molecule has 1 aromatic heterocycles. The maximum absolute atomic E-state index is 10.2. The van der Waals surface area contributed by atoms with Gasteiger partial charge in [-0.3, -0.25) is 0 Å². The Bertz CT molecular complexity index is 293. The highest BCUT2D eigenvalue weighted by Crippen LogP contribution is 2.34. The van der Waals surface area contributed by atoms with Crippen LogP contribution in [0.4, 0.5) is 0 Å². The van der Waals surface area contributed by atoms with E-state index >= 15 is 0 Å². The van der Waals surface area contributed by atoms with Crippen molar-refractivity contribution >= 4 is 41.1 Å². The van der Waals surface area contributed by atoms with Gasteiger partial charge in [-0.05, 0) is 0 Å². The van der Waals surface area contributed by atoms with Crippen LogP contribution < -0.4 is 0 Å². The molecule has 2 nitrogen and oxygen atoms in total. The molecule has 0 amide bonds. The molecule has 66 valence electrons. The Morgan fingerprint density at radius 1 is 1.33 bits per heavy atom. The first kappa shape index (κ1) is 9.90. The molecule has 0 saturated heterocycles. The second-order valence-corrected chi connectivity index (χ2v) is 3.41. The van der Waals surface area contributed by atoms with Gasteiger partial charge in [-0.2, -0.15) is 0 Å². The van der Waals surface area contributed by atoms with Gasteiger partial charge in [0.25, 0.3) is 0 Å². The fraction of sp³-hybridized carbons (Fsp3) is 0.286. The molecule has 0 bridgehead atoms. The van der Waals surface area contributed by atoms with E-state index < -0.39 is 0 Å². The van der Waals surface area contributed by atoms with Crippen molar-refractivity contribution in [2.24, 2.45) is 7.05 Å². The molecule has 1 rings (SSSR count). The number of aromatic nitrogens is 1. The van der Waals surface area contributed by atoms with Gasteiger partial charge in [0.15, 0.2) is 0 Å². The standard InChI is InChI=1S/C7H6Cl3NO/c1-11-4(2-3-12)5(8)6(9)7(11)10/h3H,2H2,1H3. The van der Waals surface area contributed by atoms with Crippen molar-refractivity contribution in [3.63, 3.8) is 0 Å². The average molecular weight is 226 g/mol. The zero-order valence-corrected chi connectivity index (χ0v) is 8.54. The normalized spacial score (nSPS) is 10.3. The molecular weight excluding hydrogens is 220 g/mol. The first-order valence-corrected chi connectivity index (χ1v) is 4.34. The van der Waals surface area contributed by atoms with E-state index in [-0.39, 0.29) is 6.42 Å². The summed E-state index contributed by atoms with van der Waals surface area (Å²) in [5.41, 5.74) is 0.640. The number of carbonyl (C=O) groups excluding carboxylic acids is 1. The summed E-state index contributed by atoms with van der Waals surface area (Å²) in [7, 11) is 1.71. The van der Waals surface area contributed by atoms with Crippen LogP contribution in [0.2, 0.25) is 15.2 Å². The van der Waals surface area contributed by atoms with Gasteiger partial charge >= 0.3 is 0 Å².